The highest BCUT2D eigenvalue weighted by molar-refractivity contribution is 6.42. The molecular weight excluding hydrogens is 257 g/mol. The fourth-order valence-corrected chi connectivity index (χ4v) is 1.88. The highest BCUT2D eigenvalue weighted by Gasteiger charge is 2.07. The summed E-state index contributed by atoms with van der Waals surface area (Å²) in [5.74, 6) is 0.921. The van der Waals surface area contributed by atoms with Crippen LogP contribution < -0.4 is 5.32 Å². The summed E-state index contributed by atoms with van der Waals surface area (Å²) in [5, 5.41) is 4.51. The Morgan fingerprint density at radius 1 is 1.24 bits per heavy atom. The van der Waals surface area contributed by atoms with Crippen LogP contribution in [0, 0.1) is 0 Å². The van der Waals surface area contributed by atoms with Gasteiger partial charge in [-0.05, 0) is 36.8 Å². The molecular formula is C13H13Cl2NO. The Balaban J connectivity index is 1.96. The first kappa shape index (κ1) is 12.5. The second kappa shape index (κ2) is 5.58. The average Bonchev–Trinajstić information content (AvgIpc) is 2.84. The minimum absolute atomic E-state index is 0.166. The van der Waals surface area contributed by atoms with Crippen LogP contribution in [0.15, 0.2) is 41.0 Å². The summed E-state index contributed by atoms with van der Waals surface area (Å²) in [5.41, 5.74) is 1.10. The van der Waals surface area contributed by atoms with Crippen LogP contribution in [0.2, 0.25) is 10.0 Å². The quantitative estimate of drug-likeness (QED) is 0.888. The van der Waals surface area contributed by atoms with Crippen LogP contribution in [0.4, 0.5) is 0 Å². The van der Waals surface area contributed by atoms with Crippen LogP contribution in [0.5, 0.6) is 0 Å². The van der Waals surface area contributed by atoms with E-state index in [1.165, 1.54) is 0 Å². The molecule has 0 aliphatic heterocycles. The van der Waals surface area contributed by atoms with Crippen molar-refractivity contribution in [3.8, 4) is 0 Å². The van der Waals surface area contributed by atoms with Crippen molar-refractivity contribution in [2.75, 3.05) is 0 Å². The summed E-state index contributed by atoms with van der Waals surface area (Å²) in [7, 11) is 0. The molecule has 0 aliphatic carbocycles. The SMILES string of the molecule is C[C@@H](NCc1ccc(Cl)c(Cl)c1)c1ccco1. The molecule has 0 amide bonds. The molecule has 0 saturated heterocycles. The fourth-order valence-electron chi connectivity index (χ4n) is 1.56. The highest BCUT2D eigenvalue weighted by atomic mass is 35.5. The van der Waals surface area contributed by atoms with Crippen LogP contribution >= 0.6 is 23.2 Å². The molecule has 2 nitrogen and oxygen atoms in total. The zero-order chi connectivity index (χ0) is 12.3. The van der Waals surface area contributed by atoms with Crippen LogP contribution in [-0.2, 0) is 6.54 Å². The van der Waals surface area contributed by atoms with Crippen molar-refractivity contribution >= 4 is 23.2 Å². The maximum Gasteiger partial charge on any atom is 0.120 e. The number of furan rings is 1. The molecule has 0 fully saturated rings. The van der Waals surface area contributed by atoms with Crippen molar-refractivity contribution in [1.82, 2.24) is 5.32 Å². The lowest BCUT2D eigenvalue weighted by Crippen LogP contribution is -2.17. The number of benzene rings is 1. The largest absolute Gasteiger partial charge is 0.468 e. The van der Waals surface area contributed by atoms with E-state index in [-0.39, 0.29) is 6.04 Å². The van der Waals surface area contributed by atoms with E-state index in [0.29, 0.717) is 10.0 Å². The normalized spacial score (nSPS) is 12.6. The van der Waals surface area contributed by atoms with Gasteiger partial charge in [-0.1, -0.05) is 29.3 Å². The summed E-state index contributed by atoms with van der Waals surface area (Å²) in [4.78, 5) is 0. The Morgan fingerprint density at radius 2 is 2.06 bits per heavy atom. The van der Waals surface area contributed by atoms with E-state index >= 15 is 0 Å². The van der Waals surface area contributed by atoms with Gasteiger partial charge in [-0.2, -0.15) is 0 Å². The first-order valence-corrected chi connectivity index (χ1v) is 6.13. The van der Waals surface area contributed by atoms with Crippen LogP contribution in [0.25, 0.3) is 0 Å². The van der Waals surface area contributed by atoms with Gasteiger partial charge >= 0.3 is 0 Å². The predicted octanol–water partition coefficient (Wildman–Crippen LogP) is 4.44. The Labute approximate surface area is 111 Å². The van der Waals surface area contributed by atoms with Crippen molar-refractivity contribution in [1.29, 1.82) is 0 Å². The van der Waals surface area contributed by atoms with Gasteiger partial charge in [0.15, 0.2) is 0 Å². The van der Waals surface area contributed by atoms with E-state index < -0.39 is 0 Å². The van der Waals surface area contributed by atoms with E-state index in [1.807, 2.05) is 24.3 Å². The zero-order valence-electron chi connectivity index (χ0n) is 9.41. The van der Waals surface area contributed by atoms with Gasteiger partial charge in [0.05, 0.1) is 22.4 Å². The summed E-state index contributed by atoms with van der Waals surface area (Å²) >= 11 is 11.8. The van der Waals surface area contributed by atoms with Gasteiger partial charge in [0.1, 0.15) is 5.76 Å². The minimum atomic E-state index is 0.166. The van der Waals surface area contributed by atoms with E-state index in [4.69, 9.17) is 27.6 Å². The molecule has 1 atom stereocenters. The van der Waals surface area contributed by atoms with Gasteiger partial charge in [0.2, 0.25) is 0 Å². The van der Waals surface area contributed by atoms with Crippen molar-refractivity contribution < 1.29 is 4.42 Å². The number of hydrogen-bond donors (Lipinski definition) is 1. The molecule has 90 valence electrons. The molecule has 0 aliphatic rings. The average molecular weight is 270 g/mol. The third-order valence-electron chi connectivity index (χ3n) is 2.57. The Kier molecular flexibility index (Phi) is 4.11. The summed E-state index contributed by atoms with van der Waals surface area (Å²) in [6, 6.07) is 9.62. The van der Waals surface area contributed by atoms with Gasteiger partial charge in [-0.25, -0.2) is 0 Å². The van der Waals surface area contributed by atoms with Crippen LogP contribution in [0.1, 0.15) is 24.3 Å². The van der Waals surface area contributed by atoms with Gasteiger partial charge in [-0.15, -0.1) is 0 Å². The predicted molar refractivity (Wildman–Crippen MR) is 70.4 cm³/mol. The minimum Gasteiger partial charge on any atom is -0.468 e. The molecule has 0 spiro atoms. The number of hydrogen-bond acceptors (Lipinski definition) is 2. The van der Waals surface area contributed by atoms with Gasteiger partial charge in [0, 0.05) is 6.54 Å². The molecule has 17 heavy (non-hydrogen) atoms. The second-order valence-corrected chi connectivity index (χ2v) is 4.68. The molecule has 1 aromatic carbocycles. The highest BCUT2D eigenvalue weighted by Crippen LogP contribution is 2.23. The third kappa shape index (κ3) is 3.25. The summed E-state index contributed by atoms with van der Waals surface area (Å²) in [6.07, 6.45) is 1.67. The van der Waals surface area contributed by atoms with Crippen molar-refractivity contribution in [2.45, 2.75) is 19.5 Å². The Hall–Kier alpha value is -0.960. The first-order valence-electron chi connectivity index (χ1n) is 5.37. The van der Waals surface area contributed by atoms with Crippen LogP contribution in [-0.4, -0.2) is 0 Å². The lowest BCUT2D eigenvalue weighted by Gasteiger charge is -2.11. The van der Waals surface area contributed by atoms with E-state index in [9.17, 15) is 0 Å². The van der Waals surface area contributed by atoms with Crippen molar-refractivity contribution in [3.05, 3.63) is 58.0 Å². The maximum atomic E-state index is 5.95. The molecule has 0 bridgehead atoms. The lowest BCUT2D eigenvalue weighted by molar-refractivity contribution is 0.430. The van der Waals surface area contributed by atoms with Gasteiger partial charge in [0.25, 0.3) is 0 Å². The zero-order valence-corrected chi connectivity index (χ0v) is 10.9. The molecule has 0 radical (unpaired) electrons. The molecule has 0 saturated carbocycles. The third-order valence-corrected chi connectivity index (χ3v) is 3.31. The summed E-state index contributed by atoms with van der Waals surface area (Å²) in [6.45, 7) is 2.77. The lowest BCUT2D eigenvalue weighted by atomic mass is 10.2. The smallest absolute Gasteiger partial charge is 0.120 e. The first-order chi connectivity index (χ1) is 8.16. The molecule has 1 heterocycles. The maximum absolute atomic E-state index is 5.95. The molecule has 1 N–H and O–H groups in total. The monoisotopic (exact) mass is 269 g/mol. The van der Waals surface area contributed by atoms with Gasteiger partial charge in [-0.3, -0.25) is 0 Å². The van der Waals surface area contributed by atoms with Crippen molar-refractivity contribution in [3.63, 3.8) is 0 Å². The number of halogens is 2. The molecule has 0 unspecified atom stereocenters. The molecule has 2 aromatic rings. The number of nitrogens with one attached hydrogen (secondary N) is 1. The van der Waals surface area contributed by atoms with Crippen molar-refractivity contribution in [2.24, 2.45) is 0 Å². The standard InChI is InChI=1S/C13H13Cl2NO/c1-9(13-3-2-6-17-13)16-8-10-4-5-11(14)12(15)7-10/h2-7,9,16H,8H2,1H3/t9-/m1/s1. The van der Waals surface area contributed by atoms with Crippen LogP contribution in [0.3, 0.4) is 0 Å². The fraction of sp³-hybridized carbons (Fsp3) is 0.231. The topological polar surface area (TPSA) is 25.2 Å². The molecule has 4 heteroatoms. The Morgan fingerprint density at radius 3 is 2.71 bits per heavy atom. The molecule has 1 aromatic heterocycles. The summed E-state index contributed by atoms with van der Waals surface area (Å²) < 4.78 is 5.32. The van der Waals surface area contributed by atoms with E-state index in [1.54, 1.807) is 12.3 Å². The Bertz CT molecular complexity index is 482. The van der Waals surface area contributed by atoms with E-state index in [2.05, 4.69) is 12.2 Å². The van der Waals surface area contributed by atoms with E-state index in [0.717, 1.165) is 17.9 Å². The molecule has 2 rings (SSSR count). The van der Waals surface area contributed by atoms with Gasteiger partial charge < -0.3 is 9.73 Å². The second-order valence-electron chi connectivity index (χ2n) is 3.87. The number of rotatable bonds is 4.